The van der Waals surface area contributed by atoms with Crippen molar-refractivity contribution in [2.24, 2.45) is 0 Å². The van der Waals surface area contributed by atoms with E-state index in [4.69, 9.17) is 0 Å². The average Bonchev–Trinajstić information content (AvgIpc) is 3.54. The van der Waals surface area contributed by atoms with E-state index in [1.54, 1.807) is 12.2 Å². The van der Waals surface area contributed by atoms with E-state index < -0.39 is 6.10 Å². The van der Waals surface area contributed by atoms with E-state index in [0.29, 0.717) is 32.5 Å². The third-order valence-corrected chi connectivity index (χ3v) is 6.68. The number of aliphatic hydroxyl groups is 1. The number of carbonyl (C=O) groups is 1. The Morgan fingerprint density at radius 2 is 1.33 bits per heavy atom. The van der Waals surface area contributed by atoms with Gasteiger partial charge in [0.15, 0.2) is 0 Å². The third-order valence-electron chi connectivity index (χ3n) is 6.68. The van der Waals surface area contributed by atoms with E-state index in [-0.39, 0.29) is 12.1 Å². The van der Waals surface area contributed by atoms with Gasteiger partial charge in [-0.3, -0.25) is 0 Å². The average molecular weight is 721 g/mol. The zero-order valence-corrected chi connectivity index (χ0v) is 36.3. The highest BCUT2D eigenvalue weighted by Crippen LogP contribution is 2.23. The van der Waals surface area contributed by atoms with E-state index in [1.165, 1.54) is 0 Å². The minimum atomic E-state index is -0.561. The predicted octanol–water partition coefficient (Wildman–Crippen LogP) is 14.3. The molecule has 1 aromatic rings. The van der Waals surface area contributed by atoms with Crippen molar-refractivity contribution in [1.29, 1.82) is 0 Å². The second kappa shape index (κ2) is 49.5. The first-order valence-corrected chi connectivity index (χ1v) is 20.5. The molecule has 2 aliphatic rings. The molecule has 1 heterocycles. The third kappa shape index (κ3) is 32.3. The van der Waals surface area contributed by atoms with Gasteiger partial charge in [0, 0.05) is 19.6 Å². The molecule has 1 unspecified atom stereocenters. The Labute approximate surface area is 325 Å². The summed E-state index contributed by atoms with van der Waals surface area (Å²) in [6.07, 6.45) is 32.3. The zero-order valence-electron chi connectivity index (χ0n) is 36.3. The van der Waals surface area contributed by atoms with Crippen LogP contribution in [0.1, 0.15) is 134 Å². The van der Waals surface area contributed by atoms with Crippen LogP contribution in [0.5, 0.6) is 0 Å². The van der Waals surface area contributed by atoms with Crippen molar-refractivity contribution in [2.45, 2.75) is 147 Å². The first-order valence-electron chi connectivity index (χ1n) is 20.5. The van der Waals surface area contributed by atoms with E-state index in [0.717, 1.165) is 43.2 Å². The molecule has 1 aliphatic heterocycles. The lowest BCUT2D eigenvalue weighted by atomic mass is 9.97. The molecule has 1 saturated heterocycles. The molecule has 0 bridgehead atoms. The molecular weight excluding hydrogens is 637 g/mol. The fourth-order valence-corrected chi connectivity index (χ4v) is 4.54. The van der Waals surface area contributed by atoms with Crippen LogP contribution in [0.2, 0.25) is 0 Å². The van der Waals surface area contributed by atoms with Crippen LogP contribution in [0.4, 0.5) is 4.79 Å². The smallest absolute Gasteiger partial charge is 0.320 e. The van der Waals surface area contributed by atoms with Crippen LogP contribution in [0.15, 0.2) is 128 Å². The number of rotatable bonds is 11. The number of benzene rings is 1. The molecule has 2 amide bonds. The van der Waals surface area contributed by atoms with Crippen molar-refractivity contribution >= 4 is 6.03 Å². The fraction of sp³-hybridized carbons (Fsp3) is 0.521. The molecular formula is C48H84N2O2. The molecule has 2 atom stereocenters. The molecule has 1 fully saturated rings. The first kappa shape index (κ1) is 57.7. The molecule has 4 nitrogen and oxygen atoms in total. The highest BCUT2D eigenvalue weighted by atomic mass is 16.3. The van der Waals surface area contributed by atoms with Crippen molar-refractivity contribution in [3.05, 3.63) is 134 Å². The van der Waals surface area contributed by atoms with Gasteiger partial charge in [0.1, 0.15) is 0 Å². The molecule has 0 aromatic heterocycles. The summed E-state index contributed by atoms with van der Waals surface area (Å²) in [4.78, 5) is 17.3. The molecule has 1 N–H and O–H groups in total. The number of nitrogens with zero attached hydrogens (tertiary/aromatic N) is 2. The van der Waals surface area contributed by atoms with Crippen LogP contribution < -0.4 is 0 Å². The predicted molar refractivity (Wildman–Crippen MR) is 239 cm³/mol. The number of hydrogen-bond donors (Lipinski definition) is 1. The first-order chi connectivity index (χ1) is 25.5. The van der Waals surface area contributed by atoms with Crippen LogP contribution in [-0.2, 0) is 6.42 Å². The number of hydrogen-bond acceptors (Lipinski definition) is 2. The SMILES string of the molecule is C=C/C=C\C=C\CN1CCC(O)[C@@H](Cc2ccccc2)N(CC2=CCCCC=C2)C1=O.C=CC.CC.CC.CC.CC.CC.CC/C=C\C=C/CC. The van der Waals surface area contributed by atoms with Crippen molar-refractivity contribution in [3.63, 3.8) is 0 Å². The van der Waals surface area contributed by atoms with E-state index in [1.807, 2.05) is 128 Å². The molecule has 0 saturated carbocycles. The van der Waals surface area contributed by atoms with E-state index in [2.05, 4.69) is 81.7 Å². The monoisotopic (exact) mass is 721 g/mol. The topological polar surface area (TPSA) is 43.8 Å². The summed E-state index contributed by atoms with van der Waals surface area (Å²) in [5.74, 6) is 0. The molecule has 1 aromatic carbocycles. The number of carbonyl (C=O) groups excluding carboxylic acids is 1. The Morgan fingerprint density at radius 1 is 0.788 bits per heavy atom. The molecule has 0 radical (unpaired) electrons. The van der Waals surface area contributed by atoms with E-state index in [9.17, 15) is 9.90 Å². The summed E-state index contributed by atoms with van der Waals surface area (Å²) in [5.41, 5.74) is 2.29. The van der Waals surface area contributed by atoms with Gasteiger partial charge in [-0.15, -0.1) is 6.58 Å². The summed E-state index contributed by atoms with van der Waals surface area (Å²) < 4.78 is 0. The zero-order chi connectivity index (χ0) is 40.8. The molecule has 0 spiro atoms. The largest absolute Gasteiger partial charge is 0.391 e. The molecule has 52 heavy (non-hydrogen) atoms. The molecule has 298 valence electrons. The highest BCUT2D eigenvalue weighted by molar-refractivity contribution is 5.76. The van der Waals surface area contributed by atoms with Crippen molar-refractivity contribution < 1.29 is 9.90 Å². The van der Waals surface area contributed by atoms with Crippen LogP contribution in [0.3, 0.4) is 0 Å². The van der Waals surface area contributed by atoms with Gasteiger partial charge < -0.3 is 14.9 Å². The molecule has 1 aliphatic carbocycles. The van der Waals surface area contributed by atoms with Gasteiger partial charge in [0.25, 0.3) is 0 Å². The lowest BCUT2D eigenvalue weighted by Gasteiger charge is -2.34. The van der Waals surface area contributed by atoms with Crippen molar-refractivity contribution in [3.8, 4) is 0 Å². The minimum Gasteiger partial charge on any atom is -0.391 e. The Balaban J connectivity index is -0.000000293. The Bertz CT molecular complexity index is 1050. The Kier molecular flexibility index (Phi) is 54.9. The maximum atomic E-state index is 13.6. The van der Waals surface area contributed by atoms with Crippen LogP contribution in [0, 0.1) is 0 Å². The second-order valence-corrected chi connectivity index (χ2v) is 10.2. The minimum absolute atomic E-state index is 0.00613. The maximum Gasteiger partial charge on any atom is 0.320 e. The quantitative estimate of drug-likeness (QED) is 0.183. The summed E-state index contributed by atoms with van der Waals surface area (Å²) in [6, 6.07) is 9.89. The summed E-state index contributed by atoms with van der Waals surface area (Å²) >= 11 is 0. The maximum absolute atomic E-state index is 13.6. The van der Waals surface area contributed by atoms with Gasteiger partial charge in [-0.2, -0.15) is 0 Å². The number of urea groups is 1. The van der Waals surface area contributed by atoms with Crippen molar-refractivity contribution in [1.82, 2.24) is 9.80 Å². The van der Waals surface area contributed by atoms with Gasteiger partial charge >= 0.3 is 6.03 Å². The molecule has 3 rings (SSSR count). The Hall–Kier alpha value is -3.63. The fourth-order valence-electron chi connectivity index (χ4n) is 4.54. The van der Waals surface area contributed by atoms with Gasteiger partial charge in [-0.25, -0.2) is 4.79 Å². The second-order valence-electron chi connectivity index (χ2n) is 10.2. The van der Waals surface area contributed by atoms with Crippen LogP contribution in [0.25, 0.3) is 0 Å². The summed E-state index contributed by atoms with van der Waals surface area (Å²) in [7, 11) is 0. The lowest BCUT2D eigenvalue weighted by Crippen LogP contribution is -2.50. The number of amides is 2. The van der Waals surface area contributed by atoms with Gasteiger partial charge in [-0.05, 0) is 63.0 Å². The van der Waals surface area contributed by atoms with E-state index >= 15 is 0 Å². The lowest BCUT2D eigenvalue weighted by molar-refractivity contribution is 0.0759. The van der Waals surface area contributed by atoms with Crippen LogP contribution >= 0.6 is 0 Å². The molecule has 4 heteroatoms. The number of aliphatic hydroxyl groups excluding tert-OH is 1. The summed E-state index contributed by atoms with van der Waals surface area (Å²) in [5, 5.41) is 11.0. The normalized spacial score (nSPS) is 16.1. The Morgan fingerprint density at radius 3 is 1.85 bits per heavy atom. The highest BCUT2D eigenvalue weighted by Gasteiger charge is 2.36. The summed E-state index contributed by atoms with van der Waals surface area (Å²) in [6.45, 7) is 34.8. The van der Waals surface area contributed by atoms with Gasteiger partial charge in [0.05, 0.1) is 12.1 Å². The standard InChI is InChI=1S/C27H34N2O2.C8H14.C3H6.5C2H6/c1-2-3-4-7-13-19-28-20-18-26(30)25(21-23-14-11-8-12-15-23)29(27(28)31)22-24-16-9-5-6-10-17-24;1-3-5-7-8-6-4-2;1-3-2;5*1-2/h2-4,7-9,11-17,25-26,30H,1,5-6,10,18-22H2;5-8H,3-4H2,1-2H3;3H,1H2,2H3;5*1-2H3/b4-3-,13-7+;7-5-,8-6-;;;;;;/t25-,26?;;;;;;;/m1......./s1. The number of allylic oxidation sites excluding steroid dienone is 11. The van der Waals surface area contributed by atoms with Crippen molar-refractivity contribution in [2.75, 3.05) is 19.6 Å². The van der Waals surface area contributed by atoms with Gasteiger partial charge in [0.2, 0.25) is 0 Å². The van der Waals surface area contributed by atoms with Gasteiger partial charge in [-0.1, -0.05) is 199 Å². The van der Waals surface area contributed by atoms with Crippen LogP contribution in [-0.4, -0.2) is 52.7 Å².